The van der Waals surface area contributed by atoms with Crippen LogP contribution in [-0.4, -0.2) is 12.1 Å². The largest absolute Gasteiger partial charge is 0.618 e. The molecule has 0 radical (unpaired) electrons. The third-order valence-corrected chi connectivity index (χ3v) is 3.57. The Bertz CT molecular complexity index is 828. The molecule has 1 aromatic carbocycles. The van der Waals surface area contributed by atoms with Gasteiger partial charge in [-0.3, -0.25) is 4.98 Å². The van der Waals surface area contributed by atoms with Gasteiger partial charge in [0, 0.05) is 17.8 Å². The van der Waals surface area contributed by atoms with E-state index in [4.69, 9.17) is 4.74 Å². The van der Waals surface area contributed by atoms with Crippen molar-refractivity contribution in [1.82, 2.24) is 4.98 Å². The van der Waals surface area contributed by atoms with Gasteiger partial charge in [-0.2, -0.15) is 4.73 Å². The summed E-state index contributed by atoms with van der Waals surface area (Å²) in [4.78, 5) is 4.43. The zero-order valence-corrected chi connectivity index (χ0v) is 10.3. The van der Waals surface area contributed by atoms with Crippen LogP contribution in [-0.2, 0) is 0 Å². The average molecular weight is 250 g/mol. The van der Waals surface area contributed by atoms with E-state index in [0.29, 0.717) is 5.69 Å². The van der Waals surface area contributed by atoms with Crippen molar-refractivity contribution in [2.45, 2.75) is 0 Å². The fourth-order valence-electron chi connectivity index (χ4n) is 2.71. The maximum absolute atomic E-state index is 12.1. The molecule has 2 aromatic heterocycles. The Labute approximate surface area is 109 Å². The van der Waals surface area contributed by atoms with E-state index < -0.39 is 0 Å². The number of hydrogen-bond acceptors (Lipinski definition) is 3. The Kier molecular flexibility index (Phi) is 1.87. The van der Waals surface area contributed by atoms with Gasteiger partial charge in [0.25, 0.3) is 0 Å². The number of fused-ring (bicyclic) bond motifs is 3. The molecule has 2 heterocycles. The van der Waals surface area contributed by atoms with Crippen LogP contribution in [0.5, 0.6) is 5.75 Å². The molecule has 0 spiro atoms. The Morgan fingerprint density at radius 1 is 1.16 bits per heavy atom. The third kappa shape index (κ3) is 1.23. The van der Waals surface area contributed by atoms with Crippen molar-refractivity contribution in [1.29, 1.82) is 0 Å². The molecule has 0 saturated carbocycles. The number of aromatic nitrogens is 2. The van der Waals surface area contributed by atoms with Gasteiger partial charge in [0.2, 0.25) is 5.69 Å². The summed E-state index contributed by atoms with van der Waals surface area (Å²) < 4.78 is 6.16. The standard InChI is InChI=1S/C15H10N2O2/c1-19-10-2-3-11-12(8-10)14-13-9(4-6-16-14)5-7-17(18)15(11)13/h2-8H,1H3. The molecule has 0 saturated heterocycles. The first-order chi connectivity index (χ1) is 9.29. The Hall–Kier alpha value is -2.62. The third-order valence-electron chi connectivity index (χ3n) is 3.57. The molecule has 4 rings (SSSR count). The van der Waals surface area contributed by atoms with Crippen LogP contribution in [0, 0.1) is 5.21 Å². The van der Waals surface area contributed by atoms with E-state index in [0.717, 1.165) is 38.1 Å². The number of nitrogens with zero attached hydrogens (tertiary/aromatic N) is 2. The highest BCUT2D eigenvalue weighted by molar-refractivity contribution is 6.11. The highest BCUT2D eigenvalue weighted by Gasteiger charge is 2.29. The summed E-state index contributed by atoms with van der Waals surface area (Å²) in [6.07, 6.45) is 3.31. The number of methoxy groups -OCH3 is 1. The molecule has 0 aliphatic heterocycles. The van der Waals surface area contributed by atoms with Gasteiger partial charge >= 0.3 is 0 Å². The van der Waals surface area contributed by atoms with Crippen molar-refractivity contribution in [3.05, 3.63) is 47.9 Å². The van der Waals surface area contributed by atoms with E-state index in [1.165, 1.54) is 0 Å². The molecule has 0 bridgehead atoms. The SMILES string of the molecule is COc1ccc2c(c1)-c1nccc3cc[n+]([O-])c-2c13. The van der Waals surface area contributed by atoms with Gasteiger partial charge in [-0.1, -0.05) is 0 Å². The quantitative estimate of drug-likeness (QED) is 0.385. The van der Waals surface area contributed by atoms with Crippen molar-refractivity contribution in [2.24, 2.45) is 0 Å². The molecular formula is C15H10N2O2. The van der Waals surface area contributed by atoms with Crippen molar-refractivity contribution >= 4 is 10.8 Å². The second kappa shape index (κ2) is 3.45. The van der Waals surface area contributed by atoms with Crippen LogP contribution in [0.15, 0.2) is 42.7 Å². The normalized spacial score (nSPS) is 11.6. The van der Waals surface area contributed by atoms with Crippen molar-refractivity contribution in [2.75, 3.05) is 7.11 Å². The van der Waals surface area contributed by atoms with E-state index in [1.54, 1.807) is 19.5 Å². The maximum atomic E-state index is 12.1. The summed E-state index contributed by atoms with van der Waals surface area (Å²) in [5.74, 6) is 0.766. The van der Waals surface area contributed by atoms with Crippen LogP contribution in [0.3, 0.4) is 0 Å². The number of benzene rings is 1. The first-order valence-electron chi connectivity index (χ1n) is 5.99. The molecule has 1 aliphatic carbocycles. The van der Waals surface area contributed by atoms with Gasteiger partial charge in [-0.05, 0) is 29.7 Å². The summed E-state index contributed by atoms with van der Waals surface area (Å²) >= 11 is 0. The van der Waals surface area contributed by atoms with E-state index in [1.807, 2.05) is 30.3 Å². The highest BCUT2D eigenvalue weighted by atomic mass is 16.5. The van der Waals surface area contributed by atoms with E-state index in [2.05, 4.69) is 4.98 Å². The predicted molar refractivity (Wildman–Crippen MR) is 71.7 cm³/mol. The molecule has 0 N–H and O–H groups in total. The molecule has 3 aromatic rings. The molecule has 1 aliphatic rings. The fraction of sp³-hybridized carbons (Fsp3) is 0.0667. The molecule has 19 heavy (non-hydrogen) atoms. The van der Waals surface area contributed by atoms with E-state index in [-0.39, 0.29) is 0 Å². The minimum Gasteiger partial charge on any atom is -0.618 e. The number of rotatable bonds is 1. The van der Waals surface area contributed by atoms with Crippen molar-refractivity contribution < 1.29 is 9.47 Å². The maximum Gasteiger partial charge on any atom is 0.234 e. The Balaban J connectivity index is 2.20. The van der Waals surface area contributed by atoms with Gasteiger partial charge in [-0.25, -0.2) is 0 Å². The monoisotopic (exact) mass is 250 g/mol. The molecule has 0 fully saturated rings. The number of pyridine rings is 2. The lowest BCUT2D eigenvalue weighted by Crippen LogP contribution is -2.27. The molecule has 92 valence electrons. The summed E-state index contributed by atoms with van der Waals surface area (Å²) in [7, 11) is 1.63. The lowest BCUT2D eigenvalue weighted by molar-refractivity contribution is -0.592. The van der Waals surface area contributed by atoms with Crippen LogP contribution in [0.25, 0.3) is 33.3 Å². The topological polar surface area (TPSA) is 49.1 Å². The first kappa shape index (κ1) is 10.3. The van der Waals surface area contributed by atoms with Gasteiger partial charge in [-0.15, -0.1) is 0 Å². The summed E-state index contributed by atoms with van der Waals surface area (Å²) in [5, 5.41) is 14.0. The lowest BCUT2D eigenvalue weighted by Gasteiger charge is -2.04. The highest BCUT2D eigenvalue weighted by Crippen LogP contribution is 2.45. The van der Waals surface area contributed by atoms with Gasteiger partial charge < -0.3 is 9.94 Å². The van der Waals surface area contributed by atoms with Gasteiger partial charge in [0.05, 0.1) is 23.8 Å². The zero-order valence-electron chi connectivity index (χ0n) is 10.3. The van der Waals surface area contributed by atoms with Gasteiger partial charge in [0.15, 0.2) is 6.20 Å². The summed E-state index contributed by atoms with van der Waals surface area (Å²) in [6.45, 7) is 0. The predicted octanol–water partition coefficient (Wildman–Crippen LogP) is 2.52. The second-order valence-corrected chi connectivity index (χ2v) is 4.53. The molecule has 4 heteroatoms. The zero-order chi connectivity index (χ0) is 13.0. The van der Waals surface area contributed by atoms with Crippen LogP contribution in [0.4, 0.5) is 0 Å². The smallest absolute Gasteiger partial charge is 0.234 e. The van der Waals surface area contributed by atoms with Crippen LogP contribution in [0.2, 0.25) is 0 Å². The minimum atomic E-state index is 0.679. The molecule has 0 unspecified atom stereocenters. The van der Waals surface area contributed by atoms with Crippen molar-refractivity contribution in [3.8, 4) is 28.3 Å². The van der Waals surface area contributed by atoms with E-state index in [9.17, 15) is 5.21 Å². The number of hydrogen-bond donors (Lipinski definition) is 0. The van der Waals surface area contributed by atoms with Crippen LogP contribution < -0.4 is 9.47 Å². The molecule has 0 amide bonds. The van der Waals surface area contributed by atoms with Crippen LogP contribution >= 0.6 is 0 Å². The van der Waals surface area contributed by atoms with E-state index >= 15 is 0 Å². The summed E-state index contributed by atoms with van der Waals surface area (Å²) in [5.41, 5.74) is 3.40. The average Bonchev–Trinajstić information content (AvgIpc) is 2.79. The fourth-order valence-corrected chi connectivity index (χ4v) is 2.71. The second-order valence-electron chi connectivity index (χ2n) is 4.53. The summed E-state index contributed by atoms with van der Waals surface area (Å²) in [6, 6.07) is 9.45. The Morgan fingerprint density at radius 2 is 2.05 bits per heavy atom. The molecule has 0 atom stereocenters. The Morgan fingerprint density at radius 3 is 2.89 bits per heavy atom. The lowest BCUT2D eigenvalue weighted by atomic mass is 10.1. The number of ether oxygens (including phenoxy) is 1. The molecule has 4 nitrogen and oxygen atoms in total. The molecular weight excluding hydrogens is 240 g/mol. The first-order valence-corrected chi connectivity index (χ1v) is 5.99. The van der Waals surface area contributed by atoms with Gasteiger partial charge in [0.1, 0.15) is 5.75 Å². The van der Waals surface area contributed by atoms with Crippen LogP contribution in [0.1, 0.15) is 0 Å². The van der Waals surface area contributed by atoms with Crippen molar-refractivity contribution in [3.63, 3.8) is 0 Å². The minimum absolute atomic E-state index is 0.679.